The van der Waals surface area contributed by atoms with Gasteiger partial charge in [0.25, 0.3) is 0 Å². The first-order chi connectivity index (χ1) is 9.19. The third-order valence-electron chi connectivity index (χ3n) is 3.52. The number of fused-ring (bicyclic) bond motifs is 1. The summed E-state index contributed by atoms with van der Waals surface area (Å²) in [5.74, 6) is 0.817. The van der Waals surface area contributed by atoms with Gasteiger partial charge in [-0.25, -0.2) is 4.98 Å². The molecule has 4 nitrogen and oxygen atoms in total. The van der Waals surface area contributed by atoms with Crippen molar-refractivity contribution in [3.8, 4) is 5.75 Å². The highest BCUT2D eigenvalue weighted by molar-refractivity contribution is 6.30. The summed E-state index contributed by atoms with van der Waals surface area (Å²) in [4.78, 5) is 4.18. The predicted octanol–water partition coefficient (Wildman–Crippen LogP) is 3.08. The molecule has 2 heterocycles. The zero-order valence-corrected chi connectivity index (χ0v) is 11.5. The van der Waals surface area contributed by atoms with Crippen LogP contribution in [-0.2, 0) is 6.54 Å². The molecule has 3 rings (SSSR count). The molecule has 1 aromatic carbocycles. The maximum absolute atomic E-state index is 6.23. The Bertz CT molecular complexity index is 596. The Morgan fingerprint density at radius 2 is 2.37 bits per heavy atom. The number of rotatable bonds is 2. The lowest BCUT2D eigenvalue weighted by Gasteiger charge is -2.30. The molecule has 2 aromatic rings. The number of nitrogens with two attached hydrogens (primary N) is 1. The Balaban J connectivity index is 1.95. The molecule has 1 aliphatic rings. The van der Waals surface area contributed by atoms with Gasteiger partial charge in [-0.15, -0.1) is 0 Å². The van der Waals surface area contributed by atoms with Crippen molar-refractivity contribution >= 4 is 11.6 Å². The molecule has 0 spiro atoms. The van der Waals surface area contributed by atoms with Crippen LogP contribution in [-0.4, -0.2) is 9.55 Å². The molecular weight excluding hydrogens is 262 g/mol. The molecule has 1 aliphatic heterocycles. The minimum atomic E-state index is -0.0624. The van der Waals surface area contributed by atoms with Crippen molar-refractivity contribution in [2.75, 3.05) is 0 Å². The zero-order chi connectivity index (χ0) is 13.4. The Hall–Kier alpha value is -1.52. The predicted molar refractivity (Wildman–Crippen MR) is 74.3 cm³/mol. The van der Waals surface area contributed by atoms with Gasteiger partial charge in [0.15, 0.2) is 0 Å². The molecule has 2 N–H and O–H groups in total. The fourth-order valence-corrected chi connectivity index (χ4v) is 2.70. The monoisotopic (exact) mass is 277 g/mol. The number of aryl methyl sites for hydroxylation is 1. The first-order valence-corrected chi connectivity index (χ1v) is 6.78. The molecule has 0 saturated heterocycles. The van der Waals surface area contributed by atoms with Crippen molar-refractivity contribution in [3.05, 3.63) is 47.0 Å². The Morgan fingerprint density at radius 1 is 1.53 bits per heavy atom. The van der Waals surface area contributed by atoms with Crippen LogP contribution in [0.3, 0.4) is 0 Å². The van der Waals surface area contributed by atoms with E-state index in [1.165, 1.54) is 0 Å². The average Bonchev–Trinajstić information content (AvgIpc) is 2.87. The number of imidazole rings is 1. The highest BCUT2D eigenvalue weighted by atomic mass is 35.5. The fraction of sp³-hybridized carbons (Fsp3) is 0.357. The largest absolute Gasteiger partial charge is 0.484 e. The van der Waals surface area contributed by atoms with Crippen LogP contribution in [0.5, 0.6) is 5.75 Å². The summed E-state index contributed by atoms with van der Waals surface area (Å²) >= 11 is 6.00. The first-order valence-electron chi connectivity index (χ1n) is 6.40. The van der Waals surface area contributed by atoms with Crippen LogP contribution < -0.4 is 10.5 Å². The average molecular weight is 278 g/mol. The van der Waals surface area contributed by atoms with E-state index < -0.39 is 0 Å². The van der Waals surface area contributed by atoms with Crippen LogP contribution in [0.2, 0.25) is 5.02 Å². The Labute approximate surface area is 117 Å². The molecule has 1 unspecified atom stereocenters. The van der Waals surface area contributed by atoms with E-state index in [2.05, 4.69) is 16.5 Å². The van der Waals surface area contributed by atoms with Crippen molar-refractivity contribution < 1.29 is 4.74 Å². The van der Waals surface area contributed by atoms with Crippen molar-refractivity contribution in [1.82, 2.24) is 9.55 Å². The number of hydrogen-bond donors (Lipinski definition) is 1. The lowest BCUT2D eigenvalue weighted by Crippen LogP contribution is -2.25. The highest BCUT2D eigenvalue weighted by Gasteiger charge is 2.29. The molecule has 19 heavy (non-hydrogen) atoms. The van der Waals surface area contributed by atoms with Gasteiger partial charge < -0.3 is 15.0 Å². The standard InChI is InChI=1S/C14H16ClN3O/c1-2-18-8-17-7-12(18)14-6-11(16)10-5-9(15)3-4-13(10)19-14/h3-5,7-8,11,14H,2,6,16H2,1H3/t11-,14?/m0/s1. The SMILES string of the molecule is CCn1cncc1C1C[C@H](N)c2cc(Cl)ccc2O1. The topological polar surface area (TPSA) is 53.1 Å². The van der Waals surface area contributed by atoms with E-state index in [4.69, 9.17) is 22.1 Å². The van der Waals surface area contributed by atoms with Crippen molar-refractivity contribution in [2.24, 2.45) is 5.73 Å². The van der Waals surface area contributed by atoms with Crippen molar-refractivity contribution in [3.63, 3.8) is 0 Å². The van der Waals surface area contributed by atoms with Gasteiger partial charge in [0.2, 0.25) is 0 Å². The number of benzene rings is 1. The molecule has 2 atom stereocenters. The van der Waals surface area contributed by atoms with Crippen LogP contribution >= 0.6 is 11.6 Å². The first kappa shape index (κ1) is 12.5. The molecule has 0 fully saturated rings. The smallest absolute Gasteiger partial charge is 0.142 e. The molecular formula is C14H16ClN3O. The molecule has 5 heteroatoms. The second kappa shape index (κ2) is 4.87. The summed E-state index contributed by atoms with van der Waals surface area (Å²) in [5, 5.41) is 0.690. The molecule has 0 radical (unpaired) electrons. The molecule has 0 aliphatic carbocycles. The molecule has 0 saturated carbocycles. The summed E-state index contributed by atoms with van der Waals surface area (Å²) in [7, 11) is 0. The van der Waals surface area contributed by atoms with Gasteiger partial charge in [-0.05, 0) is 25.1 Å². The van der Waals surface area contributed by atoms with Gasteiger partial charge in [0, 0.05) is 29.6 Å². The van der Waals surface area contributed by atoms with Crippen LogP contribution in [0.15, 0.2) is 30.7 Å². The number of nitrogens with zero attached hydrogens (tertiary/aromatic N) is 2. The van der Waals surface area contributed by atoms with Crippen molar-refractivity contribution in [2.45, 2.75) is 32.0 Å². The summed E-state index contributed by atoms with van der Waals surface area (Å²) < 4.78 is 8.13. The molecule has 1 aromatic heterocycles. The second-order valence-corrected chi connectivity index (χ2v) is 5.17. The maximum Gasteiger partial charge on any atom is 0.142 e. The minimum Gasteiger partial charge on any atom is -0.484 e. The zero-order valence-electron chi connectivity index (χ0n) is 10.7. The molecule has 100 valence electrons. The van der Waals surface area contributed by atoms with Gasteiger partial charge in [-0.1, -0.05) is 11.6 Å². The van der Waals surface area contributed by atoms with E-state index in [0.29, 0.717) is 5.02 Å². The summed E-state index contributed by atoms with van der Waals surface area (Å²) in [6, 6.07) is 5.53. The summed E-state index contributed by atoms with van der Waals surface area (Å²) in [5.41, 5.74) is 8.28. The number of aromatic nitrogens is 2. The third kappa shape index (κ3) is 2.22. The van der Waals surface area contributed by atoms with Gasteiger partial charge in [0.05, 0.1) is 18.2 Å². The van der Waals surface area contributed by atoms with Gasteiger partial charge in [-0.2, -0.15) is 0 Å². The lowest BCUT2D eigenvalue weighted by atomic mass is 9.96. The summed E-state index contributed by atoms with van der Waals surface area (Å²) in [6.45, 7) is 2.96. The van der Waals surface area contributed by atoms with E-state index in [1.807, 2.05) is 30.7 Å². The minimum absolute atomic E-state index is 0.0499. The fourth-order valence-electron chi connectivity index (χ4n) is 2.52. The second-order valence-electron chi connectivity index (χ2n) is 4.74. The van der Waals surface area contributed by atoms with Crippen LogP contribution in [0.1, 0.15) is 36.7 Å². The highest BCUT2D eigenvalue weighted by Crippen LogP contribution is 2.40. The van der Waals surface area contributed by atoms with Crippen LogP contribution in [0.25, 0.3) is 0 Å². The van der Waals surface area contributed by atoms with Crippen molar-refractivity contribution in [1.29, 1.82) is 0 Å². The number of halogens is 1. The summed E-state index contributed by atoms with van der Waals surface area (Å²) in [6.07, 6.45) is 4.36. The van der Waals surface area contributed by atoms with Gasteiger partial charge in [-0.3, -0.25) is 0 Å². The Morgan fingerprint density at radius 3 is 3.16 bits per heavy atom. The van der Waals surface area contributed by atoms with Gasteiger partial charge >= 0.3 is 0 Å². The molecule has 0 bridgehead atoms. The Kier molecular flexibility index (Phi) is 3.21. The maximum atomic E-state index is 6.23. The van der Waals surface area contributed by atoms with Gasteiger partial charge in [0.1, 0.15) is 11.9 Å². The van der Waals surface area contributed by atoms with E-state index in [-0.39, 0.29) is 12.1 Å². The quantitative estimate of drug-likeness (QED) is 0.918. The van der Waals surface area contributed by atoms with E-state index in [1.54, 1.807) is 0 Å². The lowest BCUT2D eigenvalue weighted by molar-refractivity contribution is 0.153. The van der Waals surface area contributed by atoms with Crippen LogP contribution in [0, 0.1) is 0 Å². The van der Waals surface area contributed by atoms with E-state index >= 15 is 0 Å². The third-order valence-corrected chi connectivity index (χ3v) is 3.76. The number of ether oxygens (including phenoxy) is 1. The number of hydrogen-bond acceptors (Lipinski definition) is 3. The normalized spacial score (nSPS) is 21.8. The van der Waals surface area contributed by atoms with E-state index in [9.17, 15) is 0 Å². The van der Waals surface area contributed by atoms with Crippen LogP contribution in [0.4, 0.5) is 0 Å². The van der Waals surface area contributed by atoms with E-state index in [0.717, 1.165) is 30.0 Å². The molecule has 0 amide bonds.